The van der Waals surface area contributed by atoms with Gasteiger partial charge in [0.1, 0.15) is 11.9 Å². The summed E-state index contributed by atoms with van der Waals surface area (Å²) in [5.74, 6) is 0.861. The summed E-state index contributed by atoms with van der Waals surface area (Å²) in [5, 5.41) is 15.7. The maximum Gasteiger partial charge on any atom is 0.227 e. The van der Waals surface area contributed by atoms with E-state index in [1.54, 1.807) is 4.90 Å². The number of likely N-dealkylation sites (N-methyl/N-ethyl adjacent to an activating group) is 1. The molecule has 0 aromatic heterocycles. The molecule has 1 aromatic carbocycles. The van der Waals surface area contributed by atoms with Crippen LogP contribution in [0.25, 0.3) is 0 Å². The van der Waals surface area contributed by atoms with Gasteiger partial charge in [-0.2, -0.15) is 0 Å². The number of aliphatic hydroxyl groups is 1. The molecular formula is C21H31N3O4. The third-order valence-electron chi connectivity index (χ3n) is 5.54. The first kappa shape index (κ1) is 20.6. The van der Waals surface area contributed by atoms with Gasteiger partial charge < -0.3 is 25.4 Å². The van der Waals surface area contributed by atoms with E-state index in [1.807, 2.05) is 32.2 Å². The van der Waals surface area contributed by atoms with E-state index in [0.717, 1.165) is 18.4 Å². The van der Waals surface area contributed by atoms with Crippen molar-refractivity contribution in [2.24, 2.45) is 11.8 Å². The molecule has 3 rings (SSSR count). The highest BCUT2D eigenvalue weighted by molar-refractivity contribution is 5.94. The Balaban J connectivity index is 1.90. The number of nitrogens with one attached hydrogen (secondary N) is 2. The van der Waals surface area contributed by atoms with Crippen molar-refractivity contribution in [3.63, 3.8) is 0 Å². The van der Waals surface area contributed by atoms with Crippen LogP contribution in [0.4, 0.5) is 5.69 Å². The normalized spacial score (nSPS) is 23.7. The number of hydrogen-bond donors (Lipinski definition) is 3. The second kappa shape index (κ2) is 8.92. The van der Waals surface area contributed by atoms with Gasteiger partial charge in [0.2, 0.25) is 11.8 Å². The predicted octanol–water partition coefficient (Wildman–Crippen LogP) is 1.40. The fourth-order valence-corrected chi connectivity index (χ4v) is 3.54. The predicted molar refractivity (Wildman–Crippen MR) is 107 cm³/mol. The van der Waals surface area contributed by atoms with Gasteiger partial charge in [0, 0.05) is 36.2 Å². The first-order valence-corrected chi connectivity index (χ1v) is 10.1. The second-order valence-corrected chi connectivity index (χ2v) is 8.03. The summed E-state index contributed by atoms with van der Waals surface area (Å²) >= 11 is 0. The van der Waals surface area contributed by atoms with Crippen LogP contribution >= 0.6 is 0 Å². The van der Waals surface area contributed by atoms with E-state index in [0.29, 0.717) is 24.5 Å². The number of benzene rings is 1. The average Bonchev–Trinajstić information content (AvgIpc) is 3.51. The largest absolute Gasteiger partial charge is 0.488 e. The van der Waals surface area contributed by atoms with E-state index in [1.165, 1.54) is 0 Å². The summed E-state index contributed by atoms with van der Waals surface area (Å²) in [7, 11) is 1.87. The third-order valence-corrected chi connectivity index (χ3v) is 5.54. The van der Waals surface area contributed by atoms with E-state index in [-0.39, 0.29) is 48.8 Å². The lowest BCUT2D eigenvalue weighted by atomic mass is 10.0. The number of anilines is 1. The van der Waals surface area contributed by atoms with Gasteiger partial charge in [-0.15, -0.1) is 0 Å². The summed E-state index contributed by atoms with van der Waals surface area (Å²) in [6.45, 7) is 4.99. The zero-order chi connectivity index (χ0) is 20.3. The van der Waals surface area contributed by atoms with E-state index in [4.69, 9.17) is 4.74 Å². The van der Waals surface area contributed by atoms with Crippen molar-refractivity contribution in [1.82, 2.24) is 10.2 Å². The van der Waals surface area contributed by atoms with E-state index in [9.17, 15) is 14.7 Å². The molecule has 0 radical (unpaired) electrons. The summed E-state index contributed by atoms with van der Waals surface area (Å²) in [5.41, 5.74) is 1.44. The van der Waals surface area contributed by atoms with Gasteiger partial charge in [-0.25, -0.2) is 0 Å². The minimum Gasteiger partial charge on any atom is -0.488 e. The Hall–Kier alpha value is -2.12. The lowest BCUT2D eigenvalue weighted by molar-refractivity contribution is -0.134. The van der Waals surface area contributed by atoms with Crippen molar-refractivity contribution in [2.45, 2.75) is 45.3 Å². The molecule has 1 aromatic rings. The molecule has 0 saturated heterocycles. The van der Waals surface area contributed by atoms with E-state index < -0.39 is 0 Å². The molecule has 1 aliphatic carbocycles. The molecule has 28 heavy (non-hydrogen) atoms. The molecular weight excluding hydrogens is 358 g/mol. The van der Waals surface area contributed by atoms with Crippen LogP contribution in [0.15, 0.2) is 18.2 Å². The summed E-state index contributed by atoms with van der Waals surface area (Å²) in [6, 6.07) is 5.24. The van der Waals surface area contributed by atoms with Gasteiger partial charge in [0.15, 0.2) is 0 Å². The van der Waals surface area contributed by atoms with Crippen molar-refractivity contribution in [3.8, 4) is 5.75 Å². The van der Waals surface area contributed by atoms with Crippen molar-refractivity contribution in [3.05, 3.63) is 23.8 Å². The highest BCUT2D eigenvalue weighted by atomic mass is 16.5. The Bertz CT molecular complexity index is 720. The standard InChI is InChI=1S/C21H31N3O4/c1-13-11-24(14(2)12-25)20(26)9-16-8-17(23-21(27)15-4-5-15)6-7-18(16)28-19(13)10-22-3/h6-8,13-15,19,22,25H,4-5,9-12H2,1-3H3,(H,23,27)/t13-,14-,19+/m1/s1. The molecule has 1 aliphatic heterocycles. The van der Waals surface area contributed by atoms with Gasteiger partial charge >= 0.3 is 0 Å². The SMILES string of the molecule is CNC[C@@H]1Oc2ccc(NC(=O)C3CC3)cc2CC(=O)N([C@H](C)CO)C[C@H]1C. The number of carbonyl (C=O) groups is 2. The number of rotatable bonds is 6. The first-order valence-electron chi connectivity index (χ1n) is 10.1. The maximum absolute atomic E-state index is 13.0. The van der Waals surface area contributed by atoms with Crippen molar-refractivity contribution in [2.75, 3.05) is 32.1 Å². The van der Waals surface area contributed by atoms with Crippen molar-refractivity contribution >= 4 is 17.5 Å². The van der Waals surface area contributed by atoms with Crippen molar-refractivity contribution < 1.29 is 19.4 Å². The van der Waals surface area contributed by atoms with Crippen LogP contribution in [0.2, 0.25) is 0 Å². The zero-order valence-corrected chi connectivity index (χ0v) is 16.9. The molecule has 0 unspecified atom stereocenters. The van der Waals surface area contributed by atoms with Gasteiger partial charge in [-0.05, 0) is 45.0 Å². The van der Waals surface area contributed by atoms with Gasteiger partial charge in [-0.3, -0.25) is 9.59 Å². The third kappa shape index (κ3) is 4.83. The average molecular weight is 389 g/mol. The topological polar surface area (TPSA) is 90.9 Å². The quantitative estimate of drug-likeness (QED) is 0.684. The fourth-order valence-electron chi connectivity index (χ4n) is 3.54. The number of aliphatic hydroxyl groups excluding tert-OH is 1. The molecule has 0 bridgehead atoms. The summed E-state index contributed by atoms with van der Waals surface area (Å²) in [4.78, 5) is 26.8. The van der Waals surface area contributed by atoms with Crippen molar-refractivity contribution in [1.29, 1.82) is 0 Å². The number of nitrogens with zero attached hydrogens (tertiary/aromatic N) is 1. The smallest absolute Gasteiger partial charge is 0.227 e. The minimum absolute atomic E-state index is 0.0347. The number of fused-ring (bicyclic) bond motifs is 1. The molecule has 1 saturated carbocycles. The Kier molecular flexibility index (Phi) is 6.57. The lowest BCUT2D eigenvalue weighted by Gasteiger charge is -2.32. The summed E-state index contributed by atoms with van der Waals surface area (Å²) < 4.78 is 6.28. The summed E-state index contributed by atoms with van der Waals surface area (Å²) in [6.07, 6.45) is 1.94. The fraction of sp³-hybridized carbons (Fsp3) is 0.619. The molecule has 7 nitrogen and oxygen atoms in total. The van der Waals surface area contributed by atoms with Crippen LogP contribution in [0.5, 0.6) is 5.75 Å². The Morgan fingerprint density at radius 3 is 2.79 bits per heavy atom. The molecule has 3 N–H and O–H groups in total. The Morgan fingerprint density at radius 2 is 2.14 bits per heavy atom. The molecule has 1 fully saturated rings. The zero-order valence-electron chi connectivity index (χ0n) is 16.9. The van der Waals surface area contributed by atoms with Gasteiger partial charge in [-0.1, -0.05) is 6.92 Å². The number of hydrogen-bond acceptors (Lipinski definition) is 5. The molecule has 2 aliphatic rings. The highest BCUT2D eigenvalue weighted by Crippen LogP contribution is 2.32. The Morgan fingerprint density at radius 1 is 1.39 bits per heavy atom. The minimum atomic E-state index is -0.260. The molecule has 7 heteroatoms. The number of carbonyl (C=O) groups excluding carboxylic acids is 2. The highest BCUT2D eigenvalue weighted by Gasteiger charge is 2.31. The van der Waals surface area contributed by atoms with Crippen LogP contribution in [0.3, 0.4) is 0 Å². The van der Waals surface area contributed by atoms with Crippen LogP contribution in [-0.2, 0) is 16.0 Å². The second-order valence-electron chi connectivity index (χ2n) is 8.03. The number of amides is 2. The van der Waals surface area contributed by atoms with E-state index in [2.05, 4.69) is 17.6 Å². The van der Waals surface area contributed by atoms with Gasteiger partial charge in [0.05, 0.1) is 19.1 Å². The molecule has 2 amide bonds. The van der Waals surface area contributed by atoms with E-state index >= 15 is 0 Å². The molecule has 3 atom stereocenters. The van der Waals surface area contributed by atoms with Crippen LogP contribution < -0.4 is 15.4 Å². The molecule has 0 spiro atoms. The monoisotopic (exact) mass is 389 g/mol. The molecule has 154 valence electrons. The lowest BCUT2D eigenvalue weighted by Crippen LogP contribution is -2.47. The van der Waals surface area contributed by atoms with Gasteiger partial charge in [0.25, 0.3) is 0 Å². The van der Waals surface area contributed by atoms with Crippen LogP contribution in [0, 0.1) is 11.8 Å². The first-order chi connectivity index (χ1) is 13.4. The maximum atomic E-state index is 13.0. The molecule has 1 heterocycles. The number of ether oxygens (including phenoxy) is 1. The van der Waals surface area contributed by atoms with Crippen LogP contribution in [0.1, 0.15) is 32.3 Å². The van der Waals surface area contributed by atoms with Crippen LogP contribution in [-0.4, -0.2) is 60.7 Å². The Labute approximate surface area is 166 Å².